The van der Waals surface area contributed by atoms with Crippen molar-refractivity contribution in [2.24, 2.45) is 0 Å². The smallest absolute Gasteiger partial charge is 0.292 e. The summed E-state index contributed by atoms with van der Waals surface area (Å²) in [6, 6.07) is 4.96. The molecule has 0 aromatic carbocycles. The maximum atomic E-state index is 12.2. The third kappa shape index (κ3) is 4.19. The molecule has 2 aromatic rings. The standard InChI is InChI=1S/C18H25N5O3/c1-18(2,3)15-4-5-16(24)23(20-15)13-10-21-8-11-22(12-9-21)17(25)14-6-7-19-26-14/h4-7H,8-13H2,1-3H3. The lowest BCUT2D eigenvalue weighted by atomic mass is 9.92. The van der Waals surface area contributed by atoms with Crippen LogP contribution in [0.3, 0.4) is 0 Å². The minimum Gasteiger partial charge on any atom is -0.351 e. The molecule has 8 heteroatoms. The monoisotopic (exact) mass is 359 g/mol. The van der Waals surface area contributed by atoms with Gasteiger partial charge in [-0.15, -0.1) is 0 Å². The molecule has 0 radical (unpaired) electrons. The van der Waals surface area contributed by atoms with E-state index in [0.717, 1.165) is 25.3 Å². The third-order valence-corrected chi connectivity index (χ3v) is 4.57. The predicted molar refractivity (Wildman–Crippen MR) is 96.0 cm³/mol. The van der Waals surface area contributed by atoms with Crippen LogP contribution in [0, 0.1) is 0 Å². The first kappa shape index (κ1) is 18.3. The zero-order valence-corrected chi connectivity index (χ0v) is 15.5. The fraction of sp³-hybridized carbons (Fsp3) is 0.556. The third-order valence-electron chi connectivity index (χ3n) is 4.57. The van der Waals surface area contributed by atoms with Crippen molar-refractivity contribution in [1.29, 1.82) is 0 Å². The van der Waals surface area contributed by atoms with Crippen molar-refractivity contribution in [3.05, 3.63) is 46.2 Å². The summed E-state index contributed by atoms with van der Waals surface area (Å²) in [5, 5.41) is 8.07. The number of amides is 1. The van der Waals surface area contributed by atoms with Crippen LogP contribution in [0.25, 0.3) is 0 Å². The summed E-state index contributed by atoms with van der Waals surface area (Å²) < 4.78 is 6.47. The Labute approximate surface area is 152 Å². The molecule has 1 saturated heterocycles. The second-order valence-electron chi connectivity index (χ2n) is 7.54. The van der Waals surface area contributed by atoms with E-state index in [1.54, 1.807) is 23.1 Å². The zero-order chi connectivity index (χ0) is 18.7. The van der Waals surface area contributed by atoms with E-state index in [-0.39, 0.29) is 22.6 Å². The molecule has 0 atom stereocenters. The Balaban J connectivity index is 1.54. The quantitative estimate of drug-likeness (QED) is 0.809. The largest absolute Gasteiger partial charge is 0.351 e. The van der Waals surface area contributed by atoms with Crippen LogP contribution >= 0.6 is 0 Å². The lowest BCUT2D eigenvalue weighted by Crippen LogP contribution is -2.49. The molecule has 2 aromatic heterocycles. The topological polar surface area (TPSA) is 84.5 Å². The van der Waals surface area contributed by atoms with E-state index in [9.17, 15) is 9.59 Å². The van der Waals surface area contributed by atoms with Gasteiger partial charge in [-0.2, -0.15) is 5.10 Å². The normalized spacial score (nSPS) is 16.0. The van der Waals surface area contributed by atoms with Gasteiger partial charge in [-0.3, -0.25) is 14.5 Å². The summed E-state index contributed by atoms with van der Waals surface area (Å²) in [5.74, 6) is 0.145. The minimum atomic E-state index is -0.127. The molecule has 0 aliphatic carbocycles. The summed E-state index contributed by atoms with van der Waals surface area (Å²) in [6.45, 7) is 10.3. The molecular formula is C18H25N5O3. The van der Waals surface area contributed by atoms with Gasteiger partial charge in [0.1, 0.15) is 0 Å². The zero-order valence-electron chi connectivity index (χ0n) is 15.5. The molecule has 140 valence electrons. The van der Waals surface area contributed by atoms with Gasteiger partial charge in [-0.25, -0.2) is 4.68 Å². The Morgan fingerprint density at radius 2 is 1.85 bits per heavy atom. The Bertz CT molecular complexity index is 799. The molecule has 0 spiro atoms. The highest BCUT2D eigenvalue weighted by Gasteiger charge is 2.24. The first-order valence-corrected chi connectivity index (χ1v) is 8.85. The van der Waals surface area contributed by atoms with E-state index in [0.29, 0.717) is 19.6 Å². The van der Waals surface area contributed by atoms with Gasteiger partial charge in [-0.1, -0.05) is 25.9 Å². The van der Waals surface area contributed by atoms with Crippen molar-refractivity contribution in [2.45, 2.75) is 32.7 Å². The molecule has 8 nitrogen and oxygen atoms in total. The molecule has 1 amide bonds. The van der Waals surface area contributed by atoms with Gasteiger partial charge in [0, 0.05) is 50.3 Å². The van der Waals surface area contributed by atoms with Crippen molar-refractivity contribution >= 4 is 5.91 Å². The highest BCUT2D eigenvalue weighted by atomic mass is 16.5. The van der Waals surface area contributed by atoms with Gasteiger partial charge in [-0.05, 0) is 6.07 Å². The summed E-state index contributed by atoms with van der Waals surface area (Å²) in [6.07, 6.45) is 1.47. The van der Waals surface area contributed by atoms with Crippen LogP contribution < -0.4 is 5.56 Å². The van der Waals surface area contributed by atoms with Crippen LogP contribution in [0.5, 0.6) is 0 Å². The van der Waals surface area contributed by atoms with Crippen molar-refractivity contribution in [3.63, 3.8) is 0 Å². The summed E-state index contributed by atoms with van der Waals surface area (Å²) in [7, 11) is 0. The van der Waals surface area contributed by atoms with Crippen molar-refractivity contribution in [2.75, 3.05) is 32.7 Å². The first-order valence-electron chi connectivity index (χ1n) is 8.85. The Hall–Kier alpha value is -2.48. The van der Waals surface area contributed by atoms with Crippen LogP contribution in [0.4, 0.5) is 0 Å². The molecule has 0 saturated carbocycles. The van der Waals surface area contributed by atoms with E-state index >= 15 is 0 Å². The summed E-state index contributed by atoms with van der Waals surface area (Å²) in [5.41, 5.74) is 0.721. The summed E-state index contributed by atoms with van der Waals surface area (Å²) in [4.78, 5) is 28.3. The predicted octanol–water partition coefficient (Wildman–Crippen LogP) is 0.987. The molecule has 3 heterocycles. The number of rotatable bonds is 4. The number of aromatic nitrogens is 3. The summed E-state index contributed by atoms with van der Waals surface area (Å²) >= 11 is 0. The van der Waals surface area contributed by atoms with Crippen LogP contribution in [-0.2, 0) is 12.0 Å². The molecular weight excluding hydrogens is 334 g/mol. The van der Waals surface area contributed by atoms with Gasteiger partial charge in [0.2, 0.25) is 5.76 Å². The fourth-order valence-corrected chi connectivity index (χ4v) is 2.90. The number of hydrogen-bond acceptors (Lipinski definition) is 6. The maximum absolute atomic E-state index is 12.2. The molecule has 0 bridgehead atoms. The van der Waals surface area contributed by atoms with Crippen molar-refractivity contribution in [1.82, 2.24) is 24.7 Å². The first-order chi connectivity index (χ1) is 12.3. The van der Waals surface area contributed by atoms with E-state index in [2.05, 4.69) is 35.9 Å². The maximum Gasteiger partial charge on any atom is 0.292 e. The van der Waals surface area contributed by atoms with E-state index in [1.165, 1.54) is 10.9 Å². The van der Waals surface area contributed by atoms with E-state index < -0.39 is 0 Å². The second kappa shape index (κ2) is 7.41. The van der Waals surface area contributed by atoms with Crippen LogP contribution in [0.2, 0.25) is 0 Å². The highest BCUT2D eigenvalue weighted by Crippen LogP contribution is 2.18. The molecule has 0 N–H and O–H groups in total. The number of hydrogen-bond donors (Lipinski definition) is 0. The Morgan fingerprint density at radius 1 is 1.12 bits per heavy atom. The van der Waals surface area contributed by atoms with Crippen LogP contribution in [0.1, 0.15) is 37.0 Å². The molecule has 1 fully saturated rings. The Morgan fingerprint density at radius 3 is 2.46 bits per heavy atom. The van der Waals surface area contributed by atoms with Crippen LogP contribution in [-0.4, -0.2) is 63.4 Å². The lowest BCUT2D eigenvalue weighted by Gasteiger charge is -2.34. The van der Waals surface area contributed by atoms with Gasteiger partial charge < -0.3 is 9.42 Å². The average Bonchev–Trinajstić information content (AvgIpc) is 3.14. The van der Waals surface area contributed by atoms with Crippen LogP contribution in [0.15, 0.2) is 33.7 Å². The molecule has 26 heavy (non-hydrogen) atoms. The SMILES string of the molecule is CC(C)(C)c1ccc(=O)n(CCN2CCN(C(=O)c3ccno3)CC2)n1. The van der Waals surface area contributed by atoms with Gasteiger partial charge in [0.25, 0.3) is 11.5 Å². The number of piperazine rings is 1. The highest BCUT2D eigenvalue weighted by molar-refractivity contribution is 5.91. The van der Waals surface area contributed by atoms with E-state index in [1.807, 2.05) is 0 Å². The molecule has 0 unspecified atom stereocenters. The van der Waals surface area contributed by atoms with Gasteiger partial charge in [0.05, 0.1) is 18.4 Å². The van der Waals surface area contributed by atoms with Crippen molar-refractivity contribution < 1.29 is 9.32 Å². The average molecular weight is 359 g/mol. The Kier molecular flexibility index (Phi) is 5.22. The van der Waals surface area contributed by atoms with Gasteiger partial charge in [0.15, 0.2) is 0 Å². The second-order valence-corrected chi connectivity index (χ2v) is 7.54. The van der Waals surface area contributed by atoms with Crippen molar-refractivity contribution in [3.8, 4) is 0 Å². The minimum absolute atomic E-state index is 0.0860. The number of nitrogens with zero attached hydrogens (tertiary/aromatic N) is 5. The molecule has 1 aliphatic rings. The lowest BCUT2D eigenvalue weighted by molar-refractivity contribution is 0.0591. The van der Waals surface area contributed by atoms with E-state index in [4.69, 9.17) is 4.52 Å². The van der Waals surface area contributed by atoms with Gasteiger partial charge >= 0.3 is 0 Å². The number of carbonyl (C=O) groups excluding carboxylic acids is 1. The fourth-order valence-electron chi connectivity index (χ4n) is 2.90. The number of carbonyl (C=O) groups is 1. The molecule has 3 rings (SSSR count). The molecule has 1 aliphatic heterocycles.